The molecule has 99 heavy (non-hydrogen) atoms. The minimum Gasteiger partial charge on any atom is -0.462 e. The number of hydrogen-bond acceptors (Lipinski definition) is 15. The van der Waals surface area contributed by atoms with Crippen molar-refractivity contribution in [2.45, 2.75) is 451 Å². The highest BCUT2D eigenvalue weighted by Crippen LogP contribution is 2.45. The Labute approximate surface area is 607 Å². The van der Waals surface area contributed by atoms with E-state index in [2.05, 4.69) is 27.7 Å². The van der Waals surface area contributed by atoms with E-state index in [1.807, 2.05) is 0 Å². The Bertz CT molecular complexity index is 1880. The third kappa shape index (κ3) is 74.1. The molecule has 3 N–H and O–H groups in total. The summed E-state index contributed by atoms with van der Waals surface area (Å²) in [5, 5.41) is 10.6. The van der Waals surface area contributed by atoms with Gasteiger partial charge >= 0.3 is 39.5 Å². The summed E-state index contributed by atoms with van der Waals surface area (Å²) in [5.41, 5.74) is 0. The van der Waals surface area contributed by atoms with Crippen molar-refractivity contribution in [3.8, 4) is 0 Å². The molecule has 0 aliphatic rings. The van der Waals surface area contributed by atoms with Crippen LogP contribution in [0, 0.1) is 0 Å². The summed E-state index contributed by atoms with van der Waals surface area (Å²) >= 11 is 0. The normalized spacial score (nSPS) is 13.8. The van der Waals surface area contributed by atoms with E-state index in [9.17, 15) is 43.2 Å². The van der Waals surface area contributed by atoms with Crippen molar-refractivity contribution < 1.29 is 80.2 Å². The number of unbranched alkanes of at least 4 members (excludes halogenated alkanes) is 55. The van der Waals surface area contributed by atoms with E-state index < -0.39 is 97.5 Å². The number of aliphatic hydroxyl groups excluding tert-OH is 1. The van der Waals surface area contributed by atoms with Crippen molar-refractivity contribution in [2.75, 3.05) is 39.6 Å². The average molecular weight is 1450 g/mol. The standard InChI is InChI=1S/C80H156O17P2/c1-5-9-13-17-21-25-29-32-35-37-39-41-44-47-51-55-59-63-67-80(85)97-76(71-91-78(83)65-61-57-53-49-45-43-40-38-36-33-30-26-22-18-14-10-6-2)73-95-99(88,89)93-69-74(81)68-92-98(86,87)94-72-75(70-90-77(82)64-60-56-52-48-28-24-20-16-12-8-4)96-79(84)66-62-58-54-50-46-42-34-31-27-23-19-15-11-7-3/h74-76,81H,5-73H2,1-4H3,(H,86,87)(H,88,89)/t74-,75+,76+/m0/s1. The Kier molecular flexibility index (Phi) is 72.9. The monoisotopic (exact) mass is 1450 g/mol. The van der Waals surface area contributed by atoms with Crippen LogP contribution in [0.4, 0.5) is 0 Å². The van der Waals surface area contributed by atoms with E-state index >= 15 is 0 Å². The molecular weight excluding hydrogens is 1290 g/mol. The van der Waals surface area contributed by atoms with Gasteiger partial charge < -0.3 is 33.8 Å². The zero-order valence-electron chi connectivity index (χ0n) is 64.5. The van der Waals surface area contributed by atoms with E-state index in [1.165, 1.54) is 263 Å². The fourth-order valence-corrected chi connectivity index (χ4v) is 14.0. The number of phosphoric acid groups is 2. The number of phosphoric ester groups is 2. The second kappa shape index (κ2) is 74.3. The maximum atomic E-state index is 13.1. The van der Waals surface area contributed by atoms with Crippen LogP contribution in [0.1, 0.15) is 432 Å². The summed E-state index contributed by atoms with van der Waals surface area (Å²) in [6, 6.07) is 0. The smallest absolute Gasteiger partial charge is 0.462 e. The Morgan fingerprint density at radius 3 is 0.596 bits per heavy atom. The zero-order chi connectivity index (χ0) is 72.5. The third-order valence-electron chi connectivity index (χ3n) is 18.9. The quantitative estimate of drug-likeness (QED) is 0.0222. The zero-order valence-corrected chi connectivity index (χ0v) is 66.3. The van der Waals surface area contributed by atoms with Gasteiger partial charge in [-0.1, -0.05) is 381 Å². The first kappa shape index (κ1) is 97.1. The Balaban J connectivity index is 5.23. The van der Waals surface area contributed by atoms with Crippen LogP contribution in [0.3, 0.4) is 0 Å². The molecule has 0 fully saturated rings. The van der Waals surface area contributed by atoms with Crippen molar-refractivity contribution in [2.24, 2.45) is 0 Å². The Morgan fingerprint density at radius 2 is 0.404 bits per heavy atom. The van der Waals surface area contributed by atoms with E-state index in [0.29, 0.717) is 25.7 Å². The maximum Gasteiger partial charge on any atom is 0.472 e. The molecule has 2 unspecified atom stereocenters. The van der Waals surface area contributed by atoms with Gasteiger partial charge in [0.1, 0.15) is 19.3 Å². The topological polar surface area (TPSA) is 237 Å². The fraction of sp³-hybridized carbons (Fsp3) is 0.950. The molecule has 0 radical (unpaired) electrons. The number of hydrogen-bond donors (Lipinski definition) is 3. The molecule has 0 spiro atoms. The highest BCUT2D eigenvalue weighted by atomic mass is 31.2. The molecule has 19 heteroatoms. The molecule has 0 heterocycles. The second-order valence-electron chi connectivity index (χ2n) is 28.8. The summed E-state index contributed by atoms with van der Waals surface area (Å²) in [4.78, 5) is 73.0. The summed E-state index contributed by atoms with van der Waals surface area (Å²) < 4.78 is 68.7. The number of esters is 4. The molecule has 0 aromatic carbocycles. The summed E-state index contributed by atoms with van der Waals surface area (Å²) in [7, 11) is -9.91. The minimum absolute atomic E-state index is 0.109. The number of carbonyl (C=O) groups is 4. The van der Waals surface area contributed by atoms with Crippen LogP contribution in [0.25, 0.3) is 0 Å². The summed E-state index contributed by atoms with van der Waals surface area (Å²) in [5.74, 6) is -2.10. The van der Waals surface area contributed by atoms with Crippen LogP contribution in [-0.4, -0.2) is 96.7 Å². The van der Waals surface area contributed by atoms with Gasteiger partial charge in [-0.25, -0.2) is 9.13 Å². The van der Waals surface area contributed by atoms with Gasteiger partial charge in [0.25, 0.3) is 0 Å². The molecule has 17 nitrogen and oxygen atoms in total. The number of carbonyl (C=O) groups excluding carboxylic acids is 4. The van der Waals surface area contributed by atoms with E-state index in [-0.39, 0.29) is 25.7 Å². The van der Waals surface area contributed by atoms with Crippen LogP contribution in [0.15, 0.2) is 0 Å². The molecule has 0 aromatic rings. The number of aliphatic hydroxyl groups is 1. The van der Waals surface area contributed by atoms with Gasteiger partial charge in [0, 0.05) is 25.7 Å². The van der Waals surface area contributed by atoms with Crippen LogP contribution in [-0.2, 0) is 65.4 Å². The van der Waals surface area contributed by atoms with Gasteiger partial charge in [-0.2, -0.15) is 0 Å². The molecule has 0 aromatic heterocycles. The molecule has 0 aliphatic heterocycles. The molecule has 0 saturated carbocycles. The number of ether oxygens (including phenoxy) is 4. The van der Waals surface area contributed by atoms with Crippen molar-refractivity contribution in [3.05, 3.63) is 0 Å². The summed E-state index contributed by atoms with van der Waals surface area (Å²) in [6.07, 6.45) is 66.5. The first-order valence-electron chi connectivity index (χ1n) is 41.8. The minimum atomic E-state index is -4.96. The van der Waals surface area contributed by atoms with Crippen LogP contribution >= 0.6 is 15.6 Å². The van der Waals surface area contributed by atoms with Gasteiger partial charge in [-0.15, -0.1) is 0 Å². The second-order valence-corrected chi connectivity index (χ2v) is 31.7. The highest BCUT2D eigenvalue weighted by Gasteiger charge is 2.30. The Hall–Kier alpha value is -1.94. The predicted molar refractivity (Wildman–Crippen MR) is 405 cm³/mol. The first-order chi connectivity index (χ1) is 48.2. The maximum absolute atomic E-state index is 13.1. The Morgan fingerprint density at radius 1 is 0.242 bits per heavy atom. The van der Waals surface area contributed by atoms with Crippen molar-refractivity contribution in [3.63, 3.8) is 0 Å². The molecular formula is C80H156O17P2. The predicted octanol–water partition coefficient (Wildman–Crippen LogP) is 24.2. The lowest BCUT2D eigenvalue weighted by Crippen LogP contribution is -2.30. The molecule has 0 amide bonds. The van der Waals surface area contributed by atoms with Crippen molar-refractivity contribution >= 4 is 39.5 Å². The van der Waals surface area contributed by atoms with Crippen LogP contribution in [0.2, 0.25) is 0 Å². The lowest BCUT2D eigenvalue weighted by Gasteiger charge is -2.21. The average Bonchev–Trinajstić information content (AvgIpc) is 1.18. The van der Waals surface area contributed by atoms with Gasteiger partial charge in [0.2, 0.25) is 0 Å². The van der Waals surface area contributed by atoms with Gasteiger partial charge in [0.05, 0.1) is 26.4 Å². The SMILES string of the molecule is CCCCCCCCCCCCCCCCCCCCC(=O)O[C@H](COC(=O)CCCCCCCCCCCCCCCCCCC)COP(=O)(O)OC[C@@H](O)COP(=O)(O)OC[C@@H](COC(=O)CCCCCCCCCCCC)OC(=O)CCCCCCCCCCCCCCCC. The lowest BCUT2D eigenvalue weighted by molar-refractivity contribution is -0.161. The van der Waals surface area contributed by atoms with E-state index in [1.54, 1.807) is 0 Å². The summed E-state index contributed by atoms with van der Waals surface area (Å²) in [6.45, 7) is 5.02. The van der Waals surface area contributed by atoms with Crippen LogP contribution < -0.4 is 0 Å². The molecule has 0 saturated heterocycles. The molecule has 0 bridgehead atoms. The molecule has 588 valence electrons. The van der Waals surface area contributed by atoms with Crippen molar-refractivity contribution in [1.29, 1.82) is 0 Å². The molecule has 5 atom stereocenters. The number of rotatable bonds is 81. The van der Waals surface area contributed by atoms with E-state index in [0.717, 1.165) is 89.9 Å². The van der Waals surface area contributed by atoms with E-state index in [4.69, 9.17) is 37.0 Å². The first-order valence-corrected chi connectivity index (χ1v) is 44.8. The van der Waals surface area contributed by atoms with Gasteiger partial charge in [-0.05, 0) is 25.7 Å². The van der Waals surface area contributed by atoms with Gasteiger partial charge in [-0.3, -0.25) is 37.3 Å². The third-order valence-corrected chi connectivity index (χ3v) is 20.8. The highest BCUT2D eigenvalue weighted by molar-refractivity contribution is 7.47. The van der Waals surface area contributed by atoms with Gasteiger partial charge in [0.15, 0.2) is 12.2 Å². The fourth-order valence-electron chi connectivity index (χ4n) is 12.5. The van der Waals surface area contributed by atoms with Crippen LogP contribution in [0.5, 0.6) is 0 Å². The largest absolute Gasteiger partial charge is 0.472 e. The molecule has 0 rings (SSSR count). The molecule has 0 aliphatic carbocycles. The van der Waals surface area contributed by atoms with Crippen molar-refractivity contribution in [1.82, 2.24) is 0 Å². The lowest BCUT2D eigenvalue weighted by atomic mass is 10.0.